The highest BCUT2D eigenvalue weighted by molar-refractivity contribution is 5.34. The van der Waals surface area contributed by atoms with Gasteiger partial charge in [0.15, 0.2) is 0 Å². The van der Waals surface area contributed by atoms with Crippen LogP contribution >= 0.6 is 0 Å². The highest BCUT2D eigenvalue weighted by atomic mass is 16.5. The number of hydrogen-bond donors (Lipinski definition) is 1. The van der Waals surface area contributed by atoms with Crippen LogP contribution in [0.1, 0.15) is 56.3 Å². The fourth-order valence-electron chi connectivity index (χ4n) is 3.72. The Morgan fingerprint density at radius 3 is 2.90 bits per heavy atom. The molecule has 0 amide bonds. The maximum Gasteiger partial charge on any atom is 0.0991 e. The van der Waals surface area contributed by atoms with Crippen LogP contribution in [0, 0.1) is 17.2 Å². The zero-order valence-electron chi connectivity index (χ0n) is 12.8. The second kappa shape index (κ2) is 6.17. The molecule has 2 fully saturated rings. The molecule has 0 radical (unpaired) electrons. The summed E-state index contributed by atoms with van der Waals surface area (Å²) in [7, 11) is 0. The van der Waals surface area contributed by atoms with Crippen LogP contribution in [0.15, 0.2) is 24.3 Å². The first-order chi connectivity index (χ1) is 10.2. The van der Waals surface area contributed by atoms with Crippen molar-refractivity contribution in [2.45, 2.75) is 50.7 Å². The number of nitrogens with one attached hydrogen (secondary N) is 1. The van der Waals surface area contributed by atoms with Crippen molar-refractivity contribution >= 4 is 0 Å². The van der Waals surface area contributed by atoms with Gasteiger partial charge in [0.1, 0.15) is 0 Å². The lowest BCUT2D eigenvalue weighted by Crippen LogP contribution is -2.52. The second-order valence-electron chi connectivity index (χ2n) is 6.51. The van der Waals surface area contributed by atoms with E-state index < -0.39 is 0 Å². The van der Waals surface area contributed by atoms with Gasteiger partial charge >= 0.3 is 0 Å². The van der Waals surface area contributed by atoms with E-state index in [0.717, 1.165) is 37.4 Å². The van der Waals surface area contributed by atoms with Gasteiger partial charge in [-0.25, -0.2) is 0 Å². The summed E-state index contributed by atoms with van der Waals surface area (Å²) in [5.41, 5.74) is 1.85. The van der Waals surface area contributed by atoms with E-state index in [1.807, 2.05) is 18.2 Å². The highest BCUT2D eigenvalue weighted by Crippen LogP contribution is 2.40. The summed E-state index contributed by atoms with van der Waals surface area (Å²) < 4.78 is 6.52. The summed E-state index contributed by atoms with van der Waals surface area (Å²) in [5, 5.41) is 12.6. The summed E-state index contributed by atoms with van der Waals surface area (Å²) in [6.07, 6.45) is 6.24. The summed E-state index contributed by atoms with van der Waals surface area (Å²) in [4.78, 5) is 0. The molecule has 1 aliphatic carbocycles. The summed E-state index contributed by atoms with van der Waals surface area (Å²) in [5.74, 6) is 0.876. The molecule has 3 rings (SSSR count). The fraction of sp³-hybridized carbons (Fsp3) is 0.611. The monoisotopic (exact) mass is 284 g/mol. The molecule has 1 saturated carbocycles. The van der Waals surface area contributed by atoms with Crippen LogP contribution in [0.4, 0.5) is 0 Å². The third-order valence-electron chi connectivity index (χ3n) is 5.15. The van der Waals surface area contributed by atoms with E-state index in [2.05, 4.69) is 24.4 Å². The molecular formula is C18H24N2O. The number of nitrogens with zero attached hydrogens (tertiary/aromatic N) is 1. The quantitative estimate of drug-likeness (QED) is 0.903. The van der Waals surface area contributed by atoms with Crippen LogP contribution in [-0.2, 0) is 4.74 Å². The lowest BCUT2D eigenvalue weighted by molar-refractivity contribution is -0.141. The number of benzene rings is 1. The van der Waals surface area contributed by atoms with Crippen molar-refractivity contribution in [2.24, 2.45) is 5.92 Å². The first-order valence-electron chi connectivity index (χ1n) is 8.13. The molecule has 1 aromatic rings. The largest absolute Gasteiger partial charge is 0.364 e. The van der Waals surface area contributed by atoms with Crippen molar-refractivity contribution in [1.29, 1.82) is 5.26 Å². The zero-order chi connectivity index (χ0) is 14.7. The molecule has 21 heavy (non-hydrogen) atoms. The molecule has 1 unspecified atom stereocenters. The lowest BCUT2D eigenvalue weighted by atomic mass is 9.77. The van der Waals surface area contributed by atoms with Crippen molar-refractivity contribution in [3.63, 3.8) is 0 Å². The Morgan fingerprint density at radius 2 is 2.19 bits per heavy atom. The average Bonchev–Trinajstić information content (AvgIpc) is 2.56. The van der Waals surface area contributed by atoms with Crippen molar-refractivity contribution < 1.29 is 4.74 Å². The number of hydrogen-bond acceptors (Lipinski definition) is 3. The Balaban J connectivity index is 1.72. The molecule has 1 N–H and O–H groups in total. The molecule has 112 valence electrons. The first kappa shape index (κ1) is 14.6. The fourth-order valence-corrected chi connectivity index (χ4v) is 3.72. The molecular weight excluding hydrogens is 260 g/mol. The number of nitriles is 1. The summed E-state index contributed by atoms with van der Waals surface area (Å²) >= 11 is 0. The zero-order valence-corrected chi connectivity index (χ0v) is 12.8. The molecule has 1 aromatic carbocycles. The van der Waals surface area contributed by atoms with Gasteiger partial charge in [-0.15, -0.1) is 0 Å². The van der Waals surface area contributed by atoms with Gasteiger partial charge in [-0.05, 0) is 49.3 Å². The van der Waals surface area contributed by atoms with E-state index >= 15 is 0 Å². The molecule has 1 saturated heterocycles. The van der Waals surface area contributed by atoms with Gasteiger partial charge in [-0.2, -0.15) is 5.26 Å². The molecule has 2 aliphatic rings. The van der Waals surface area contributed by atoms with Gasteiger partial charge in [0.2, 0.25) is 0 Å². The predicted octanol–water partition coefficient (Wildman–Crippen LogP) is 3.56. The molecule has 3 heteroatoms. The van der Waals surface area contributed by atoms with Crippen LogP contribution in [0.25, 0.3) is 0 Å². The Hall–Kier alpha value is -1.37. The Bertz CT molecular complexity index is 526. The Kier molecular flexibility index (Phi) is 4.28. The predicted molar refractivity (Wildman–Crippen MR) is 82.8 cm³/mol. The number of ether oxygens (including phenoxy) is 1. The second-order valence-corrected chi connectivity index (χ2v) is 6.51. The van der Waals surface area contributed by atoms with Gasteiger partial charge in [0, 0.05) is 13.1 Å². The smallest absolute Gasteiger partial charge is 0.0991 e. The topological polar surface area (TPSA) is 45.0 Å². The van der Waals surface area contributed by atoms with Gasteiger partial charge in [-0.1, -0.05) is 25.5 Å². The van der Waals surface area contributed by atoms with Crippen LogP contribution in [0.2, 0.25) is 0 Å². The Labute approximate surface area is 127 Å². The van der Waals surface area contributed by atoms with Crippen molar-refractivity contribution in [3.05, 3.63) is 35.4 Å². The number of morpholine rings is 1. The molecule has 0 aromatic heterocycles. The highest BCUT2D eigenvalue weighted by Gasteiger charge is 2.40. The molecule has 3 nitrogen and oxygen atoms in total. The van der Waals surface area contributed by atoms with Crippen molar-refractivity contribution in [1.82, 2.24) is 5.32 Å². The van der Waals surface area contributed by atoms with E-state index in [9.17, 15) is 0 Å². The normalized spacial score (nSPS) is 32.8. The molecule has 1 aliphatic heterocycles. The van der Waals surface area contributed by atoms with Gasteiger partial charge in [0.05, 0.1) is 23.3 Å². The summed E-state index contributed by atoms with van der Waals surface area (Å²) in [6.45, 7) is 4.10. The van der Waals surface area contributed by atoms with E-state index in [1.165, 1.54) is 19.3 Å². The Morgan fingerprint density at radius 1 is 1.38 bits per heavy atom. The van der Waals surface area contributed by atoms with Crippen LogP contribution in [0.3, 0.4) is 0 Å². The van der Waals surface area contributed by atoms with Crippen molar-refractivity contribution in [2.75, 3.05) is 13.1 Å². The first-order valence-corrected chi connectivity index (χ1v) is 8.13. The lowest BCUT2D eigenvalue weighted by Gasteiger charge is -2.46. The van der Waals surface area contributed by atoms with E-state index in [-0.39, 0.29) is 11.7 Å². The minimum Gasteiger partial charge on any atom is -0.364 e. The molecule has 0 bridgehead atoms. The van der Waals surface area contributed by atoms with Gasteiger partial charge < -0.3 is 10.1 Å². The summed E-state index contributed by atoms with van der Waals surface area (Å²) in [6, 6.07) is 10.0. The van der Waals surface area contributed by atoms with Crippen molar-refractivity contribution in [3.8, 4) is 6.07 Å². The maximum absolute atomic E-state index is 9.05. The van der Waals surface area contributed by atoms with Crippen LogP contribution in [-0.4, -0.2) is 18.7 Å². The molecule has 1 spiro atoms. The number of rotatable bonds is 2. The molecule has 1 heterocycles. The van der Waals surface area contributed by atoms with Gasteiger partial charge in [0.25, 0.3) is 0 Å². The van der Waals surface area contributed by atoms with E-state index in [1.54, 1.807) is 0 Å². The average molecular weight is 284 g/mol. The van der Waals surface area contributed by atoms with Gasteiger partial charge in [-0.3, -0.25) is 0 Å². The van der Waals surface area contributed by atoms with E-state index in [4.69, 9.17) is 10.00 Å². The SMILES string of the molecule is CCC1CCC2(CC1)CNCC(c1cccc(C#N)c1)O2. The maximum atomic E-state index is 9.05. The third kappa shape index (κ3) is 3.12. The van der Waals surface area contributed by atoms with Crippen LogP contribution < -0.4 is 5.32 Å². The van der Waals surface area contributed by atoms with Crippen LogP contribution in [0.5, 0.6) is 0 Å². The third-order valence-corrected chi connectivity index (χ3v) is 5.15. The minimum absolute atomic E-state index is 0.0111. The standard InChI is InChI=1S/C18H24N2O/c1-2-14-6-8-18(9-7-14)13-20-12-17(21-18)16-5-3-4-15(10-16)11-19/h3-5,10,14,17,20H,2,6-9,12-13H2,1H3. The molecule has 1 atom stereocenters. The van der Waals surface area contributed by atoms with E-state index in [0.29, 0.717) is 5.56 Å². The minimum atomic E-state index is 0.0111.